The summed E-state index contributed by atoms with van der Waals surface area (Å²) < 4.78 is 0.892. The van der Waals surface area contributed by atoms with Gasteiger partial charge in [0.25, 0.3) is 11.2 Å². The summed E-state index contributed by atoms with van der Waals surface area (Å²) in [5.74, 6) is -1.35. The van der Waals surface area contributed by atoms with Crippen LogP contribution in [0.2, 0.25) is 5.02 Å². The van der Waals surface area contributed by atoms with Crippen molar-refractivity contribution in [3.63, 3.8) is 0 Å². The number of carbonyl (C=O) groups excluding carboxylic acids is 1. The van der Waals surface area contributed by atoms with Crippen LogP contribution in [0.5, 0.6) is 5.88 Å². The number of pyridine rings is 1. The van der Waals surface area contributed by atoms with Gasteiger partial charge in [-0.2, -0.15) is 5.26 Å². The van der Waals surface area contributed by atoms with Crippen molar-refractivity contribution in [3.8, 4) is 11.9 Å². The lowest BCUT2D eigenvalue weighted by Crippen LogP contribution is -2.26. The lowest BCUT2D eigenvalue weighted by Gasteiger charge is -2.14. The topological polar surface area (TPSA) is 126 Å². The zero-order valence-electron chi connectivity index (χ0n) is 13.2. The first kappa shape index (κ1) is 18.2. The molecule has 0 saturated heterocycles. The lowest BCUT2D eigenvalue weighted by atomic mass is 9.97. The standard InChI is InChI=1S/C16H12ClN3O5/c1-3-19-15(22)10(7-18)8(2)13(16(19)23)14(21)9-4-5-11(17)12(6-9)20(24)25/h4-6,23H,3H2,1-2H3. The highest BCUT2D eigenvalue weighted by Gasteiger charge is 2.26. The van der Waals surface area contributed by atoms with Crippen LogP contribution >= 0.6 is 11.6 Å². The number of benzene rings is 1. The molecule has 0 aliphatic heterocycles. The summed E-state index contributed by atoms with van der Waals surface area (Å²) in [6.45, 7) is 2.97. The molecule has 128 valence electrons. The molecule has 0 aliphatic carbocycles. The molecule has 25 heavy (non-hydrogen) atoms. The second-order valence-electron chi connectivity index (χ2n) is 5.11. The van der Waals surface area contributed by atoms with Gasteiger partial charge in [0.2, 0.25) is 5.88 Å². The van der Waals surface area contributed by atoms with Gasteiger partial charge in [-0.25, -0.2) is 0 Å². The second-order valence-corrected chi connectivity index (χ2v) is 5.52. The number of nitro groups is 1. The number of nitrogens with zero attached hydrogens (tertiary/aromatic N) is 3. The molecule has 1 aromatic carbocycles. The normalized spacial score (nSPS) is 10.3. The van der Waals surface area contributed by atoms with Gasteiger partial charge in [0.05, 0.1) is 10.5 Å². The number of ketones is 1. The molecule has 1 heterocycles. The largest absolute Gasteiger partial charge is 0.494 e. The van der Waals surface area contributed by atoms with Crippen molar-refractivity contribution in [1.82, 2.24) is 4.57 Å². The summed E-state index contributed by atoms with van der Waals surface area (Å²) in [6.07, 6.45) is 0. The minimum atomic E-state index is -0.756. The Hall–Kier alpha value is -3.18. The van der Waals surface area contributed by atoms with E-state index in [-0.39, 0.29) is 33.8 Å². The number of halogens is 1. The number of carbonyl (C=O) groups is 1. The van der Waals surface area contributed by atoms with Crippen LogP contribution in [0.15, 0.2) is 23.0 Å². The van der Waals surface area contributed by atoms with E-state index in [2.05, 4.69) is 0 Å². The maximum atomic E-state index is 12.8. The van der Waals surface area contributed by atoms with Crippen molar-refractivity contribution in [1.29, 1.82) is 5.26 Å². The minimum absolute atomic E-state index is 0.0114. The Morgan fingerprint density at radius 2 is 2.12 bits per heavy atom. The van der Waals surface area contributed by atoms with Crippen LogP contribution in [0.25, 0.3) is 0 Å². The average Bonchev–Trinajstić information content (AvgIpc) is 2.55. The maximum absolute atomic E-state index is 12.8. The van der Waals surface area contributed by atoms with Gasteiger partial charge in [0.1, 0.15) is 16.7 Å². The third-order valence-corrected chi connectivity index (χ3v) is 4.07. The van der Waals surface area contributed by atoms with E-state index in [1.807, 2.05) is 0 Å². The highest BCUT2D eigenvalue weighted by molar-refractivity contribution is 6.32. The fraction of sp³-hybridized carbons (Fsp3) is 0.188. The Labute approximate surface area is 146 Å². The van der Waals surface area contributed by atoms with E-state index >= 15 is 0 Å². The van der Waals surface area contributed by atoms with Crippen LogP contribution < -0.4 is 5.56 Å². The molecular weight excluding hydrogens is 350 g/mol. The monoisotopic (exact) mass is 361 g/mol. The lowest BCUT2D eigenvalue weighted by molar-refractivity contribution is -0.384. The zero-order chi connectivity index (χ0) is 18.9. The third kappa shape index (κ3) is 2.97. The smallest absolute Gasteiger partial charge is 0.288 e. The summed E-state index contributed by atoms with van der Waals surface area (Å²) in [4.78, 5) is 35.2. The third-order valence-electron chi connectivity index (χ3n) is 3.75. The quantitative estimate of drug-likeness (QED) is 0.506. The molecule has 0 saturated carbocycles. The van der Waals surface area contributed by atoms with E-state index in [1.54, 1.807) is 13.0 Å². The van der Waals surface area contributed by atoms with Gasteiger partial charge in [-0.05, 0) is 31.5 Å². The molecular formula is C16H12ClN3O5. The van der Waals surface area contributed by atoms with Gasteiger partial charge in [-0.3, -0.25) is 24.3 Å². The molecule has 2 aromatic rings. The number of aromatic nitrogens is 1. The Kier molecular flexibility index (Phi) is 4.90. The predicted molar refractivity (Wildman–Crippen MR) is 89.0 cm³/mol. The van der Waals surface area contributed by atoms with Crippen LogP contribution in [0.4, 0.5) is 5.69 Å². The Morgan fingerprint density at radius 3 is 2.64 bits per heavy atom. The zero-order valence-corrected chi connectivity index (χ0v) is 14.0. The van der Waals surface area contributed by atoms with Gasteiger partial charge in [0.15, 0.2) is 5.78 Å². The number of aromatic hydroxyl groups is 1. The summed E-state index contributed by atoms with van der Waals surface area (Å²) in [6, 6.07) is 5.17. The predicted octanol–water partition coefficient (Wildman–Crippen LogP) is 2.55. The van der Waals surface area contributed by atoms with Crippen molar-refractivity contribution in [2.24, 2.45) is 0 Å². The first-order valence-corrected chi connectivity index (χ1v) is 7.47. The van der Waals surface area contributed by atoms with E-state index in [1.165, 1.54) is 19.1 Å². The minimum Gasteiger partial charge on any atom is -0.494 e. The number of hydrogen-bond donors (Lipinski definition) is 1. The van der Waals surface area contributed by atoms with E-state index in [9.17, 15) is 30.1 Å². The highest BCUT2D eigenvalue weighted by Crippen LogP contribution is 2.29. The van der Waals surface area contributed by atoms with Gasteiger partial charge in [-0.1, -0.05) is 11.6 Å². The van der Waals surface area contributed by atoms with E-state index in [0.717, 1.165) is 10.6 Å². The van der Waals surface area contributed by atoms with E-state index < -0.39 is 27.8 Å². The van der Waals surface area contributed by atoms with Crippen LogP contribution in [-0.2, 0) is 6.54 Å². The fourth-order valence-corrected chi connectivity index (χ4v) is 2.64. The molecule has 1 N–H and O–H groups in total. The highest BCUT2D eigenvalue weighted by atomic mass is 35.5. The molecule has 0 fully saturated rings. The fourth-order valence-electron chi connectivity index (χ4n) is 2.45. The summed E-state index contributed by atoms with van der Waals surface area (Å²) in [7, 11) is 0. The molecule has 0 radical (unpaired) electrons. The molecule has 0 unspecified atom stereocenters. The van der Waals surface area contributed by atoms with Crippen molar-refractivity contribution >= 4 is 23.1 Å². The van der Waals surface area contributed by atoms with Crippen molar-refractivity contribution in [2.75, 3.05) is 0 Å². The Morgan fingerprint density at radius 1 is 1.48 bits per heavy atom. The summed E-state index contributed by atoms with van der Waals surface area (Å²) in [5.41, 5.74) is -1.79. The molecule has 0 spiro atoms. The Bertz CT molecular complexity index is 1000. The van der Waals surface area contributed by atoms with Crippen LogP contribution in [-0.4, -0.2) is 20.4 Å². The molecule has 2 rings (SSSR count). The summed E-state index contributed by atoms with van der Waals surface area (Å²) >= 11 is 5.73. The van der Waals surface area contributed by atoms with Gasteiger partial charge >= 0.3 is 0 Å². The molecule has 0 amide bonds. The van der Waals surface area contributed by atoms with Gasteiger partial charge in [0, 0.05) is 18.2 Å². The van der Waals surface area contributed by atoms with Crippen molar-refractivity contribution < 1.29 is 14.8 Å². The van der Waals surface area contributed by atoms with Crippen LogP contribution in [0, 0.1) is 28.4 Å². The second kappa shape index (κ2) is 6.75. The first-order chi connectivity index (χ1) is 11.7. The van der Waals surface area contributed by atoms with Crippen molar-refractivity contribution in [3.05, 3.63) is 65.9 Å². The molecule has 0 bridgehead atoms. The SMILES string of the molecule is CCn1c(O)c(C(=O)c2ccc(Cl)c([N+](=O)[O-])c2)c(C)c(C#N)c1=O. The summed E-state index contributed by atoms with van der Waals surface area (Å²) in [5, 5.41) is 30.3. The van der Waals surface area contributed by atoms with Crippen molar-refractivity contribution in [2.45, 2.75) is 20.4 Å². The van der Waals surface area contributed by atoms with Gasteiger partial charge in [-0.15, -0.1) is 0 Å². The Balaban J connectivity index is 2.77. The molecule has 0 atom stereocenters. The number of rotatable bonds is 4. The maximum Gasteiger partial charge on any atom is 0.288 e. The molecule has 0 aliphatic rings. The van der Waals surface area contributed by atoms with Crippen LogP contribution in [0.3, 0.4) is 0 Å². The van der Waals surface area contributed by atoms with Crippen LogP contribution in [0.1, 0.15) is 34.0 Å². The van der Waals surface area contributed by atoms with E-state index in [4.69, 9.17) is 11.6 Å². The number of hydrogen-bond acceptors (Lipinski definition) is 6. The first-order valence-electron chi connectivity index (χ1n) is 7.09. The van der Waals surface area contributed by atoms with Gasteiger partial charge < -0.3 is 5.11 Å². The molecule has 1 aromatic heterocycles. The molecule has 8 nitrogen and oxygen atoms in total. The number of nitro benzene ring substituents is 1. The average molecular weight is 362 g/mol. The van der Waals surface area contributed by atoms with E-state index in [0.29, 0.717) is 0 Å². The number of nitriles is 1. The molecule has 9 heteroatoms.